The molecular formula is C10H8F3NS. The normalized spacial score (nSPS) is 11.1. The smallest absolute Gasteiger partial charge is 0.198 e. The molecule has 0 unspecified atom stereocenters. The van der Waals surface area contributed by atoms with E-state index in [0.29, 0.717) is 17.1 Å². The van der Waals surface area contributed by atoms with Gasteiger partial charge in [-0.1, -0.05) is 6.07 Å². The lowest BCUT2D eigenvalue weighted by Gasteiger charge is -2.07. The first-order valence-electron chi connectivity index (χ1n) is 4.21. The van der Waals surface area contributed by atoms with Gasteiger partial charge >= 0.3 is 6.18 Å². The second kappa shape index (κ2) is 5.08. The van der Waals surface area contributed by atoms with E-state index in [1.165, 1.54) is 17.8 Å². The minimum atomic E-state index is -4.30. The highest BCUT2D eigenvalue weighted by Crippen LogP contribution is 2.31. The first-order chi connectivity index (χ1) is 7.04. The molecule has 1 aromatic rings. The molecule has 1 rings (SSSR count). The summed E-state index contributed by atoms with van der Waals surface area (Å²) >= 11 is 1.25. The molecule has 0 spiro atoms. The Balaban J connectivity index is 2.71. The summed E-state index contributed by atoms with van der Waals surface area (Å²) in [5, 5.41) is 8.28. The van der Waals surface area contributed by atoms with Crippen LogP contribution < -0.4 is 0 Å². The molecule has 0 atom stereocenters. The molecule has 0 aliphatic rings. The SMILES string of the molecule is N#CCCSc1cccc(C(F)(F)F)c1. The zero-order valence-corrected chi connectivity index (χ0v) is 8.53. The van der Waals surface area contributed by atoms with E-state index in [0.717, 1.165) is 12.1 Å². The molecule has 0 radical (unpaired) electrons. The monoisotopic (exact) mass is 231 g/mol. The average Bonchev–Trinajstić information content (AvgIpc) is 2.17. The van der Waals surface area contributed by atoms with Crippen molar-refractivity contribution in [2.75, 3.05) is 5.75 Å². The lowest BCUT2D eigenvalue weighted by molar-refractivity contribution is -0.137. The number of halogens is 3. The van der Waals surface area contributed by atoms with Crippen molar-refractivity contribution in [2.24, 2.45) is 0 Å². The molecule has 0 aliphatic carbocycles. The predicted octanol–water partition coefficient (Wildman–Crippen LogP) is 3.71. The molecule has 0 bridgehead atoms. The minimum absolute atomic E-state index is 0.334. The van der Waals surface area contributed by atoms with Crippen LogP contribution in [0.5, 0.6) is 0 Å². The minimum Gasteiger partial charge on any atom is -0.198 e. The first kappa shape index (κ1) is 11.9. The number of benzene rings is 1. The van der Waals surface area contributed by atoms with Crippen molar-refractivity contribution in [3.63, 3.8) is 0 Å². The third-order valence-electron chi connectivity index (χ3n) is 1.64. The number of hydrogen-bond acceptors (Lipinski definition) is 2. The van der Waals surface area contributed by atoms with Crippen LogP contribution in [-0.4, -0.2) is 5.75 Å². The Bertz CT molecular complexity index is 368. The Kier molecular flexibility index (Phi) is 4.04. The van der Waals surface area contributed by atoms with E-state index in [-0.39, 0.29) is 0 Å². The van der Waals surface area contributed by atoms with Gasteiger partial charge in [-0.05, 0) is 18.2 Å². The molecule has 1 nitrogen and oxygen atoms in total. The van der Waals surface area contributed by atoms with E-state index < -0.39 is 11.7 Å². The van der Waals surface area contributed by atoms with Gasteiger partial charge in [-0.25, -0.2) is 0 Å². The van der Waals surface area contributed by atoms with Gasteiger partial charge in [0.25, 0.3) is 0 Å². The number of rotatable bonds is 3. The van der Waals surface area contributed by atoms with Gasteiger partial charge in [0.15, 0.2) is 0 Å². The summed E-state index contributed by atoms with van der Waals surface area (Å²) in [7, 11) is 0. The zero-order chi connectivity index (χ0) is 11.3. The van der Waals surface area contributed by atoms with Gasteiger partial charge in [-0.15, -0.1) is 11.8 Å². The molecule has 0 aromatic heterocycles. The highest BCUT2D eigenvalue weighted by atomic mass is 32.2. The Hall–Kier alpha value is -1.15. The summed E-state index contributed by atoms with van der Waals surface area (Å²) in [5.74, 6) is 0.512. The second-order valence-corrected chi connectivity index (χ2v) is 3.95. The van der Waals surface area contributed by atoms with Gasteiger partial charge in [0.2, 0.25) is 0 Å². The van der Waals surface area contributed by atoms with Crippen LogP contribution in [0.1, 0.15) is 12.0 Å². The molecule has 5 heteroatoms. The molecule has 15 heavy (non-hydrogen) atoms. The highest BCUT2D eigenvalue weighted by molar-refractivity contribution is 7.99. The number of nitriles is 1. The standard InChI is InChI=1S/C10H8F3NS/c11-10(12,13)8-3-1-4-9(7-8)15-6-2-5-14/h1,3-4,7H,2,6H2. The van der Waals surface area contributed by atoms with Crippen molar-refractivity contribution < 1.29 is 13.2 Å². The Labute approximate surface area is 89.9 Å². The average molecular weight is 231 g/mol. The third kappa shape index (κ3) is 3.84. The summed E-state index contributed by atoms with van der Waals surface area (Å²) in [6, 6.07) is 7.06. The van der Waals surface area contributed by atoms with Gasteiger partial charge in [0.05, 0.1) is 11.6 Å². The Morgan fingerprint density at radius 2 is 2.07 bits per heavy atom. The first-order valence-corrected chi connectivity index (χ1v) is 5.19. The largest absolute Gasteiger partial charge is 0.416 e. The number of thioether (sulfide) groups is 1. The maximum Gasteiger partial charge on any atom is 0.416 e. The van der Waals surface area contributed by atoms with E-state index in [2.05, 4.69) is 0 Å². The fourth-order valence-electron chi connectivity index (χ4n) is 0.977. The second-order valence-electron chi connectivity index (χ2n) is 2.78. The van der Waals surface area contributed by atoms with Crippen LogP contribution >= 0.6 is 11.8 Å². The molecule has 0 aliphatic heterocycles. The van der Waals surface area contributed by atoms with Gasteiger partial charge in [0, 0.05) is 17.1 Å². The van der Waals surface area contributed by atoms with E-state index >= 15 is 0 Å². The van der Waals surface area contributed by atoms with E-state index in [1.807, 2.05) is 6.07 Å². The molecule has 0 saturated heterocycles. The van der Waals surface area contributed by atoms with Gasteiger partial charge in [-0.3, -0.25) is 0 Å². The van der Waals surface area contributed by atoms with Crippen molar-refractivity contribution in [1.82, 2.24) is 0 Å². The molecule has 0 fully saturated rings. The molecule has 0 saturated carbocycles. The number of nitrogens with zero attached hydrogens (tertiary/aromatic N) is 1. The summed E-state index contributed by atoms with van der Waals surface area (Å²) in [6.07, 6.45) is -3.97. The van der Waals surface area contributed by atoms with Crippen molar-refractivity contribution >= 4 is 11.8 Å². The van der Waals surface area contributed by atoms with Gasteiger partial charge in [-0.2, -0.15) is 18.4 Å². The maximum absolute atomic E-state index is 12.3. The summed E-state index contributed by atoms with van der Waals surface area (Å²) in [5.41, 5.74) is -0.649. The fourth-order valence-corrected chi connectivity index (χ4v) is 1.79. The molecular weight excluding hydrogens is 223 g/mol. The predicted molar refractivity (Wildman–Crippen MR) is 52.4 cm³/mol. The quantitative estimate of drug-likeness (QED) is 0.585. The third-order valence-corrected chi connectivity index (χ3v) is 2.64. The summed E-state index contributed by atoms with van der Waals surface area (Å²) < 4.78 is 36.9. The van der Waals surface area contributed by atoms with Crippen LogP contribution in [-0.2, 0) is 6.18 Å². The van der Waals surface area contributed by atoms with E-state index in [4.69, 9.17) is 5.26 Å². The Morgan fingerprint density at radius 3 is 2.67 bits per heavy atom. The maximum atomic E-state index is 12.3. The topological polar surface area (TPSA) is 23.8 Å². The number of alkyl halides is 3. The van der Waals surface area contributed by atoms with Crippen LogP contribution in [0.2, 0.25) is 0 Å². The van der Waals surface area contributed by atoms with Crippen molar-refractivity contribution in [3.05, 3.63) is 29.8 Å². The zero-order valence-electron chi connectivity index (χ0n) is 7.71. The fraction of sp³-hybridized carbons (Fsp3) is 0.300. The van der Waals surface area contributed by atoms with Crippen LogP contribution in [0.4, 0.5) is 13.2 Å². The van der Waals surface area contributed by atoms with Crippen molar-refractivity contribution in [3.8, 4) is 6.07 Å². The van der Waals surface area contributed by atoms with Crippen LogP contribution in [0.15, 0.2) is 29.2 Å². The lowest BCUT2D eigenvalue weighted by Crippen LogP contribution is -2.04. The van der Waals surface area contributed by atoms with Crippen molar-refractivity contribution in [1.29, 1.82) is 5.26 Å². The highest BCUT2D eigenvalue weighted by Gasteiger charge is 2.30. The number of hydrogen-bond donors (Lipinski definition) is 0. The summed E-state index contributed by atoms with van der Waals surface area (Å²) in [4.78, 5) is 0.542. The molecule has 0 N–H and O–H groups in total. The molecule has 1 aromatic carbocycles. The van der Waals surface area contributed by atoms with Crippen LogP contribution in [0.25, 0.3) is 0 Å². The van der Waals surface area contributed by atoms with Crippen LogP contribution in [0.3, 0.4) is 0 Å². The van der Waals surface area contributed by atoms with Gasteiger partial charge < -0.3 is 0 Å². The van der Waals surface area contributed by atoms with E-state index in [1.54, 1.807) is 6.07 Å². The van der Waals surface area contributed by atoms with Gasteiger partial charge in [0.1, 0.15) is 0 Å². The lowest BCUT2D eigenvalue weighted by atomic mass is 10.2. The molecule has 80 valence electrons. The van der Waals surface area contributed by atoms with Crippen molar-refractivity contribution in [2.45, 2.75) is 17.5 Å². The van der Waals surface area contributed by atoms with Crippen LogP contribution in [0, 0.1) is 11.3 Å². The molecule has 0 amide bonds. The van der Waals surface area contributed by atoms with E-state index in [9.17, 15) is 13.2 Å². The Morgan fingerprint density at radius 1 is 1.33 bits per heavy atom. The summed E-state index contributed by atoms with van der Waals surface area (Å²) in [6.45, 7) is 0. The molecule has 0 heterocycles.